The summed E-state index contributed by atoms with van der Waals surface area (Å²) < 4.78 is 28.0. The minimum absolute atomic E-state index is 0.138. The number of rotatable bonds is 5. The van der Waals surface area contributed by atoms with Crippen LogP contribution in [0.25, 0.3) is 0 Å². The highest BCUT2D eigenvalue weighted by Crippen LogP contribution is 2.24. The summed E-state index contributed by atoms with van der Waals surface area (Å²) >= 11 is 0. The Morgan fingerprint density at radius 3 is 2.11 bits per heavy atom. The Kier molecular flexibility index (Phi) is 5.85. The van der Waals surface area contributed by atoms with Gasteiger partial charge in [0.1, 0.15) is 0 Å². The standard InChI is InChI=1S/C21H26N2O3S/c1-15-7-6-8-16(2)20(15)23-27(25,26)19-13-11-17(12-14-19)21(24)22-18-9-4-3-5-10-18/h6-8,11-14,18,23H,3-5,9-10H2,1-2H3,(H,22,24). The number of benzene rings is 2. The highest BCUT2D eigenvalue weighted by Gasteiger charge is 2.19. The summed E-state index contributed by atoms with van der Waals surface area (Å²) in [7, 11) is -3.71. The number of aryl methyl sites for hydroxylation is 2. The fourth-order valence-electron chi connectivity index (χ4n) is 3.47. The highest BCUT2D eigenvalue weighted by atomic mass is 32.2. The molecule has 0 heterocycles. The number of para-hydroxylation sites is 1. The molecule has 1 aliphatic carbocycles. The molecule has 1 amide bonds. The molecule has 6 heteroatoms. The largest absolute Gasteiger partial charge is 0.349 e. The van der Waals surface area contributed by atoms with Crippen LogP contribution in [0.3, 0.4) is 0 Å². The SMILES string of the molecule is Cc1cccc(C)c1NS(=O)(=O)c1ccc(C(=O)NC2CCCCC2)cc1. The van der Waals surface area contributed by atoms with Gasteiger partial charge in [-0.05, 0) is 62.1 Å². The topological polar surface area (TPSA) is 75.3 Å². The molecule has 1 aliphatic rings. The van der Waals surface area contributed by atoms with E-state index in [9.17, 15) is 13.2 Å². The van der Waals surface area contributed by atoms with Crippen LogP contribution >= 0.6 is 0 Å². The van der Waals surface area contributed by atoms with E-state index < -0.39 is 10.0 Å². The third kappa shape index (κ3) is 4.69. The molecule has 3 rings (SSSR count). The average molecular weight is 387 g/mol. The normalized spacial score (nSPS) is 15.3. The zero-order valence-electron chi connectivity index (χ0n) is 15.8. The molecule has 2 aromatic rings. The lowest BCUT2D eigenvalue weighted by Crippen LogP contribution is -2.36. The van der Waals surface area contributed by atoms with Crippen molar-refractivity contribution in [3.8, 4) is 0 Å². The van der Waals surface area contributed by atoms with Crippen molar-refractivity contribution in [1.29, 1.82) is 0 Å². The number of sulfonamides is 1. The van der Waals surface area contributed by atoms with Crippen LogP contribution in [0.5, 0.6) is 0 Å². The quantitative estimate of drug-likeness (QED) is 0.810. The lowest BCUT2D eigenvalue weighted by atomic mass is 9.95. The van der Waals surface area contributed by atoms with E-state index in [1.807, 2.05) is 32.0 Å². The Morgan fingerprint density at radius 2 is 1.52 bits per heavy atom. The summed E-state index contributed by atoms with van der Waals surface area (Å²) in [4.78, 5) is 12.5. The zero-order valence-corrected chi connectivity index (χ0v) is 16.6. The monoisotopic (exact) mass is 386 g/mol. The molecule has 1 saturated carbocycles. The van der Waals surface area contributed by atoms with Crippen LogP contribution in [0, 0.1) is 13.8 Å². The van der Waals surface area contributed by atoms with Crippen LogP contribution in [0.4, 0.5) is 5.69 Å². The highest BCUT2D eigenvalue weighted by molar-refractivity contribution is 7.92. The number of nitrogens with one attached hydrogen (secondary N) is 2. The fourth-order valence-corrected chi connectivity index (χ4v) is 4.67. The molecule has 0 spiro atoms. The Morgan fingerprint density at radius 1 is 0.926 bits per heavy atom. The first-order valence-electron chi connectivity index (χ1n) is 9.37. The molecule has 144 valence electrons. The van der Waals surface area contributed by atoms with Crippen molar-refractivity contribution in [3.63, 3.8) is 0 Å². The van der Waals surface area contributed by atoms with Gasteiger partial charge in [-0.15, -0.1) is 0 Å². The van der Waals surface area contributed by atoms with Crippen molar-refractivity contribution >= 4 is 21.6 Å². The molecule has 0 radical (unpaired) electrons. The number of hydrogen-bond acceptors (Lipinski definition) is 3. The van der Waals surface area contributed by atoms with Gasteiger partial charge in [-0.25, -0.2) is 8.42 Å². The molecule has 0 unspecified atom stereocenters. The number of amides is 1. The predicted molar refractivity (Wildman–Crippen MR) is 108 cm³/mol. The first-order valence-corrected chi connectivity index (χ1v) is 10.8. The molecule has 27 heavy (non-hydrogen) atoms. The number of hydrogen-bond donors (Lipinski definition) is 2. The Hall–Kier alpha value is -2.34. The lowest BCUT2D eigenvalue weighted by Gasteiger charge is -2.22. The van der Waals surface area contributed by atoms with Crippen molar-refractivity contribution in [3.05, 3.63) is 59.2 Å². The van der Waals surface area contributed by atoms with Crippen molar-refractivity contribution in [1.82, 2.24) is 5.32 Å². The number of carbonyl (C=O) groups excluding carboxylic acids is 1. The molecule has 5 nitrogen and oxygen atoms in total. The summed E-state index contributed by atoms with van der Waals surface area (Å²) in [6.07, 6.45) is 5.54. The molecule has 0 saturated heterocycles. The van der Waals surface area contributed by atoms with Gasteiger partial charge >= 0.3 is 0 Å². The second-order valence-corrected chi connectivity index (χ2v) is 8.89. The first kappa shape index (κ1) is 19.4. The molecule has 2 N–H and O–H groups in total. The molecular formula is C21H26N2O3S. The van der Waals surface area contributed by atoms with Gasteiger partial charge in [-0.2, -0.15) is 0 Å². The van der Waals surface area contributed by atoms with Crippen LogP contribution in [0.1, 0.15) is 53.6 Å². The zero-order chi connectivity index (χ0) is 19.4. The molecule has 1 fully saturated rings. The van der Waals surface area contributed by atoms with Crippen molar-refractivity contribution < 1.29 is 13.2 Å². The Balaban J connectivity index is 1.73. The second kappa shape index (κ2) is 8.13. The van der Waals surface area contributed by atoms with Gasteiger partial charge in [-0.1, -0.05) is 37.5 Å². The summed E-state index contributed by atoms with van der Waals surface area (Å²) in [5.74, 6) is -0.145. The molecule has 0 aromatic heterocycles. The third-order valence-corrected chi connectivity index (χ3v) is 6.45. The smallest absolute Gasteiger partial charge is 0.261 e. The van der Waals surface area contributed by atoms with E-state index in [1.165, 1.54) is 18.6 Å². The maximum Gasteiger partial charge on any atom is 0.261 e. The van der Waals surface area contributed by atoms with Gasteiger partial charge in [0.25, 0.3) is 15.9 Å². The third-order valence-electron chi connectivity index (χ3n) is 5.08. The number of anilines is 1. The van der Waals surface area contributed by atoms with Gasteiger partial charge in [0, 0.05) is 11.6 Å². The van der Waals surface area contributed by atoms with E-state index in [4.69, 9.17) is 0 Å². The lowest BCUT2D eigenvalue weighted by molar-refractivity contribution is 0.0927. The van der Waals surface area contributed by atoms with Gasteiger partial charge in [0.05, 0.1) is 10.6 Å². The van der Waals surface area contributed by atoms with E-state index in [1.54, 1.807) is 12.1 Å². The second-order valence-electron chi connectivity index (χ2n) is 7.21. The Bertz CT molecular complexity index is 895. The Labute approximate surface area is 161 Å². The predicted octanol–water partition coefficient (Wildman–Crippen LogP) is 4.17. The molecular weight excluding hydrogens is 360 g/mol. The van der Waals surface area contributed by atoms with E-state index >= 15 is 0 Å². The number of carbonyl (C=O) groups is 1. The summed E-state index contributed by atoms with van der Waals surface area (Å²) in [5, 5.41) is 3.04. The van der Waals surface area contributed by atoms with Gasteiger partial charge in [0.15, 0.2) is 0 Å². The van der Waals surface area contributed by atoms with Gasteiger partial charge in [0.2, 0.25) is 0 Å². The maximum atomic E-state index is 12.7. The van der Waals surface area contributed by atoms with Gasteiger partial charge < -0.3 is 5.32 Å². The van der Waals surface area contributed by atoms with E-state index in [0.29, 0.717) is 11.3 Å². The maximum absolute atomic E-state index is 12.7. The van der Waals surface area contributed by atoms with Crippen LogP contribution in [0.2, 0.25) is 0 Å². The van der Waals surface area contributed by atoms with E-state index in [0.717, 1.165) is 36.8 Å². The van der Waals surface area contributed by atoms with Crippen LogP contribution < -0.4 is 10.0 Å². The average Bonchev–Trinajstić information content (AvgIpc) is 2.66. The van der Waals surface area contributed by atoms with Crippen molar-refractivity contribution in [2.75, 3.05) is 4.72 Å². The summed E-state index contributed by atoms with van der Waals surface area (Å²) in [6, 6.07) is 11.9. The molecule has 0 aliphatic heterocycles. The summed E-state index contributed by atoms with van der Waals surface area (Å²) in [5.41, 5.74) is 2.80. The summed E-state index contributed by atoms with van der Waals surface area (Å²) in [6.45, 7) is 3.73. The van der Waals surface area contributed by atoms with Crippen LogP contribution in [0.15, 0.2) is 47.4 Å². The van der Waals surface area contributed by atoms with Gasteiger partial charge in [-0.3, -0.25) is 9.52 Å². The molecule has 0 bridgehead atoms. The van der Waals surface area contributed by atoms with Crippen molar-refractivity contribution in [2.45, 2.75) is 56.9 Å². The van der Waals surface area contributed by atoms with E-state index in [-0.39, 0.29) is 16.8 Å². The van der Waals surface area contributed by atoms with Crippen LogP contribution in [-0.2, 0) is 10.0 Å². The minimum atomic E-state index is -3.71. The first-order chi connectivity index (χ1) is 12.9. The molecule has 2 aromatic carbocycles. The van der Waals surface area contributed by atoms with Crippen LogP contribution in [-0.4, -0.2) is 20.4 Å². The molecule has 0 atom stereocenters. The fraction of sp³-hybridized carbons (Fsp3) is 0.381. The van der Waals surface area contributed by atoms with E-state index in [2.05, 4.69) is 10.0 Å². The minimum Gasteiger partial charge on any atom is -0.349 e. The van der Waals surface area contributed by atoms with Crippen molar-refractivity contribution in [2.24, 2.45) is 0 Å².